The Balaban J connectivity index is 1.42. The molecule has 8 heteroatoms. The topological polar surface area (TPSA) is 72.6 Å². The molecule has 5 rings (SSSR count). The molecule has 0 aromatic carbocycles. The summed E-state index contributed by atoms with van der Waals surface area (Å²) in [6.45, 7) is 3.50. The van der Waals surface area contributed by atoms with E-state index in [1.54, 1.807) is 16.9 Å². The van der Waals surface area contributed by atoms with E-state index in [4.69, 9.17) is 4.74 Å². The largest absolute Gasteiger partial charge is 0.368 e. The first kappa shape index (κ1) is 18.0. The van der Waals surface area contributed by atoms with Gasteiger partial charge in [-0.25, -0.2) is 4.52 Å². The van der Waals surface area contributed by atoms with Gasteiger partial charge in [0.05, 0.1) is 23.5 Å². The summed E-state index contributed by atoms with van der Waals surface area (Å²) in [7, 11) is 0. The molecule has 1 saturated heterocycles. The minimum Gasteiger partial charge on any atom is -0.368 e. The predicted molar refractivity (Wildman–Crippen MR) is 110 cm³/mol. The summed E-state index contributed by atoms with van der Waals surface area (Å²) in [5.74, 6) is 0.0576. The normalized spacial score (nSPS) is 17.0. The van der Waals surface area contributed by atoms with Crippen molar-refractivity contribution >= 4 is 22.8 Å². The van der Waals surface area contributed by atoms with Gasteiger partial charge in [0.2, 0.25) is 0 Å². The zero-order valence-corrected chi connectivity index (χ0v) is 16.7. The Kier molecular flexibility index (Phi) is 4.57. The minimum atomic E-state index is -0.294. The van der Waals surface area contributed by atoms with Crippen LogP contribution in [0, 0.1) is 6.92 Å². The number of amides is 1. The Morgan fingerprint density at radius 1 is 1.17 bits per heavy atom. The van der Waals surface area contributed by atoms with Gasteiger partial charge in [-0.05, 0) is 47.7 Å². The van der Waals surface area contributed by atoms with Crippen molar-refractivity contribution in [2.45, 2.75) is 13.0 Å². The predicted octanol–water partition coefficient (Wildman–Crippen LogP) is 3.37. The number of thiophene rings is 1. The minimum absolute atomic E-state index is 0.0576. The number of ether oxygens (including phenoxy) is 1. The maximum Gasteiger partial charge on any atom is 0.264 e. The van der Waals surface area contributed by atoms with E-state index in [9.17, 15) is 4.79 Å². The maximum absolute atomic E-state index is 12.9. The van der Waals surface area contributed by atoms with E-state index >= 15 is 0 Å². The molecule has 4 aromatic rings. The van der Waals surface area contributed by atoms with Gasteiger partial charge in [0.15, 0.2) is 0 Å². The van der Waals surface area contributed by atoms with Crippen molar-refractivity contribution in [3.05, 3.63) is 70.4 Å². The van der Waals surface area contributed by atoms with Crippen LogP contribution in [0.15, 0.2) is 54.3 Å². The average molecular weight is 405 g/mol. The number of aryl methyl sites for hydroxylation is 1. The molecular weight excluding hydrogens is 386 g/mol. The van der Waals surface area contributed by atoms with E-state index in [0.29, 0.717) is 19.7 Å². The fraction of sp³-hybridized carbons (Fsp3) is 0.238. The monoisotopic (exact) mass is 405 g/mol. The second-order valence-electron chi connectivity index (χ2n) is 7.00. The molecule has 5 heterocycles. The van der Waals surface area contributed by atoms with Gasteiger partial charge < -0.3 is 9.64 Å². The van der Waals surface area contributed by atoms with Crippen LogP contribution in [-0.2, 0) is 4.74 Å². The van der Waals surface area contributed by atoms with Crippen LogP contribution in [-0.4, -0.2) is 50.3 Å². The third-order valence-electron chi connectivity index (χ3n) is 5.17. The Labute approximate surface area is 171 Å². The highest BCUT2D eigenvalue weighted by Gasteiger charge is 2.30. The van der Waals surface area contributed by atoms with E-state index in [-0.39, 0.29) is 12.0 Å². The molecule has 29 heavy (non-hydrogen) atoms. The number of morpholine rings is 1. The molecule has 0 bridgehead atoms. The molecule has 0 aliphatic carbocycles. The lowest BCUT2D eigenvalue weighted by molar-refractivity contribution is -0.0239. The number of carbonyl (C=O) groups excluding carboxylic acids is 1. The molecule has 0 radical (unpaired) electrons. The molecule has 1 fully saturated rings. The maximum atomic E-state index is 12.9. The van der Waals surface area contributed by atoms with E-state index in [2.05, 4.69) is 15.3 Å². The lowest BCUT2D eigenvalue weighted by Crippen LogP contribution is -2.42. The molecule has 4 aromatic heterocycles. The second kappa shape index (κ2) is 7.38. The SMILES string of the molecule is Cc1ccsc1C(=O)N1CCO[C@@H](c2nnn3cc(-c4ccncc4)ccc23)C1. The molecule has 146 valence electrons. The number of hydrogen-bond acceptors (Lipinski definition) is 6. The highest BCUT2D eigenvalue weighted by molar-refractivity contribution is 7.12. The summed E-state index contributed by atoms with van der Waals surface area (Å²) in [4.78, 5) is 19.6. The molecule has 1 aliphatic rings. The summed E-state index contributed by atoms with van der Waals surface area (Å²) in [5, 5.41) is 10.6. The van der Waals surface area contributed by atoms with Crippen LogP contribution >= 0.6 is 11.3 Å². The molecular formula is C21H19N5O2S. The lowest BCUT2D eigenvalue weighted by atomic mass is 10.1. The van der Waals surface area contributed by atoms with E-state index in [1.807, 2.05) is 53.7 Å². The average Bonchev–Trinajstić information content (AvgIpc) is 3.39. The van der Waals surface area contributed by atoms with Crippen molar-refractivity contribution in [3.8, 4) is 11.1 Å². The highest BCUT2D eigenvalue weighted by atomic mass is 32.1. The number of nitrogens with zero attached hydrogens (tertiary/aromatic N) is 5. The molecule has 0 spiro atoms. The smallest absolute Gasteiger partial charge is 0.264 e. The van der Waals surface area contributed by atoms with Crippen LogP contribution in [0.3, 0.4) is 0 Å². The number of aromatic nitrogens is 4. The molecule has 0 N–H and O–H groups in total. The van der Waals surface area contributed by atoms with Gasteiger partial charge in [-0.3, -0.25) is 9.78 Å². The van der Waals surface area contributed by atoms with Crippen LogP contribution in [0.25, 0.3) is 16.6 Å². The van der Waals surface area contributed by atoms with Gasteiger partial charge in [-0.15, -0.1) is 16.4 Å². The quantitative estimate of drug-likeness (QED) is 0.523. The van der Waals surface area contributed by atoms with Gasteiger partial charge in [-0.1, -0.05) is 11.3 Å². The van der Waals surface area contributed by atoms with Gasteiger partial charge in [0.1, 0.15) is 11.8 Å². The zero-order chi connectivity index (χ0) is 19.8. The van der Waals surface area contributed by atoms with Gasteiger partial charge in [-0.2, -0.15) is 0 Å². The first-order valence-corrected chi connectivity index (χ1v) is 10.3. The Morgan fingerprint density at radius 3 is 2.83 bits per heavy atom. The van der Waals surface area contributed by atoms with E-state index in [0.717, 1.165) is 32.8 Å². The number of pyridine rings is 2. The summed E-state index contributed by atoms with van der Waals surface area (Å²) in [6.07, 6.45) is 5.19. The summed E-state index contributed by atoms with van der Waals surface area (Å²) < 4.78 is 7.72. The third kappa shape index (κ3) is 3.30. The summed E-state index contributed by atoms with van der Waals surface area (Å²) in [6, 6.07) is 9.93. The number of carbonyl (C=O) groups is 1. The van der Waals surface area contributed by atoms with Gasteiger partial charge in [0, 0.05) is 30.7 Å². The first-order valence-electron chi connectivity index (χ1n) is 9.41. The number of rotatable bonds is 3. The zero-order valence-electron chi connectivity index (χ0n) is 15.9. The number of hydrogen-bond donors (Lipinski definition) is 0. The van der Waals surface area contributed by atoms with E-state index in [1.165, 1.54) is 11.3 Å². The van der Waals surface area contributed by atoms with Crippen LogP contribution in [0.2, 0.25) is 0 Å². The van der Waals surface area contributed by atoms with Crippen LogP contribution in [0.4, 0.5) is 0 Å². The van der Waals surface area contributed by atoms with Crippen LogP contribution < -0.4 is 0 Å². The van der Waals surface area contributed by atoms with Crippen molar-refractivity contribution in [1.82, 2.24) is 24.7 Å². The summed E-state index contributed by atoms with van der Waals surface area (Å²) in [5.41, 5.74) is 4.75. The van der Waals surface area contributed by atoms with Gasteiger partial charge in [0.25, 0.3) is 5.91 Å². The summed E-state index contributed by atoms with van der Waals surface area (Å²) >= 11 is 1.48. The standard InChI is InChI=1S/C21H19N5O2S/c1-14-6-11-29-20(14)21(27)25-9-10-28-18(13-25)19-17-3-2-16(12-26(17)24-23-19)15-4-7-22-8-5-15/h2-8,11-12,18H,9-10,13H2,1H3/t18-/m1/s1. The molecule has 1 amide bonds. The van der Waals surface area contributed by atoms with Crippen molar-refractivity contribution in [2.24, 2.45) is 0 Å². The van der Waals surface area contributed by atoms with Crippen molar-refractivity contribution in [3.63, 3.8) is 0 Å². The first-order chi connectivity index (χ1) is 14.2. The lowest BCUT2D eigenvalue weighted by Gasteiger charge is -2.32. The third-order valence-corrected chi connectivity index (χ3v) is 6.17. The van der Waals surface area contributed by atoms with Gasteiger partial charge >= 0.3 is 0 Å². The van der Waals surface area contributed by atoms with E-state index < -0.39 is 0 Å². The fourth-order valence-electron chi connectivity index (χ4n) is 3.59. The Hall–Kier alpha value is -3.10. The molecule has 0 saturated carbocycles. The second-order valence-corrected chi connectivity index (χ2v) is 7.92. The Bertz CT molecular complexity index is 1170. The molecule has 0 unspecified atom stereocenters. The molecule has 1 aliphatic heterocycles. The van der Waals surface area contributed by atoms with Crippen LogP contribution in [0.5, 0.6) is 0 Å². The molecule has 7 nitrogen and oxygen atoms in total. The number of fused-ring (bicyclic) bond motifs is 1. The van der Waals surface area contributed by atoms with Crippen molar-refractivity contribution < 1.29 is 9.53 Å². The van der Waals surface area contributed by atoms with Crippen molar-refractivity contribution in [2.75, 3.05) is 19.7 Å². The van der Waals surface area contributed by atoms with Crippen molar-refractivity contribution in [1.29, 1.82) is 0 Å². The Morgan fingerprint density at radius 2 is 2.03 bits per heavy atom. The van der Waals surface area contributed by atoms with Crippen LogP contribution in [0.1, 0.15) is 27.0 Å². The highest BCUT2D eigenvalue weighted by Crippen LogP contribution is 2.28. The molecule has 1 atom stereocenters. The fourth-order valence-corrected chi connectivity index (χ4v) is 4.48.